The van der Waals surface area contributed by atoms with Crippen LogP contribution in [0.5, 0.6) is 0 Å². The topological polar surface area (TPSA) is 78.9 Å². The number of nitrogens with one attached hydrogen (secondary N) is 1. The maximum atomic E-state index is 14.5. The van der Waals surface area contributed by atoms with E-state index in [1.807, 2.05) is 18.7 Å². The highest BCUT2D eigenvalue weighted by Gasteiger charge is 2.18. The maximum absolute atomic E-state index is 14.5. The van der Waals surface area contributed by atoms with Crippen LogP contribution in [0.1, 0.15) is 45.7 Å². The van der Waals surface area contributed by atoms with Crippen LogP contribution in [0.2, 0.25) is 0 Å². The van der Waals surface area contributed by atoms with E-state index in [2.05, 4.69) is 5.32 Å². The normalized spacial score (nSPS) is 11.7. The number of nitrogens with zero attached hydrogens (tertiary/aromatic N) is 1. The molecule has 2 aromatic rings. The number of benzene rings is 2. The maximum Gasteiger partial charge on any atom is 0.337 e. The molecular formula is C23H29FN2O4. The van der Waals surface area contributed by atoms with Crippen LogP contribution in [0.15, 0.2) is 30.3 Å². The Balaban J connectivity index is 2.32. The van der Waals surface area contributed by atoms with Gasteiger partial charge in [0.05, 0.1) is 18.2 Å². The number of aliphatic hydroxyl groups is 1. The van der Waals surface area contributed by atoms with Gasteiger partial charge in [0.15, 0.2) is 0 Å². The zero-order valence-corrected chi connectivity index (χ0v) is 18.1. The van der Waals surface area contributed by atoms with Gasteiger partial charge in [-0.05, 0) is 68.1 Å². The van der Waals surface area contributed by atoms with Crippen LogP contribution in [0.3, 0.4) is 0 Å². The SMILES string of the molecule is CCN(CC(C)CO)c1ccc(F)c(C(=O)Nc2c(C)cc(C(=O)OC)cc2C)c1. The van der Waals surface area contributed by atoms with Crippen molar-refractivity contribution < 1.29 is 23.8 Å². The van der Waals surface area contributed by atoms with Crippen molar-refractivity contribution in [3.05, 3.63) is 58.4 Å². The number of aliphatic hydroxyl groups excluding tert-OH is 1. The van der Waals surface area contributed by atoms with Crippen molar-refractivity contribution in [3.63, 3.8) is 0 Å². The molecule has 1 amide bonds. The first-order chi connectivity index (χ1) is 14.2. The lowest BCUT2D eigenvalue weighted by molar-refractivity contribution is 0.0600. The Morgan fingerprint density at radius 1 is 1.20 bits per heavy atom. The van der Waals surface area contributed by atoms with Gasteiger partial charge < -0.3 is 20.1 Å². The van der Waals surface area contributed by atoms with Crippen molar-refractivity contribution >= 4 is 23.3 Å². The van der Waals surface area contributed by atoms with Crippen LogP contribution >= 0.6 is 0 Å². The van der Waals surface area contributed by atoms with E-state index >= 15 is 0 Å². The molecule has 0 saturated carbocycles. The molecule has 6 nitrogen and oxygen atoms in total. The number of halogens is 1. The highest BCUT2D eigenvalue weighted by atomic mass is 19.1. The van der Waals surface area contributed by atoms with E-state index in [-0.39, 0.29) is 18.1 Å². The number of esters is 1. The predicted molar refractivity (Wildman–Crippen MR) is 116 cm³/mol. The molecule has 2 rings (SSSR count). The van der Waals surface area contributed by atoms with Crippen molar-refractivity contribution in [2.45, 2.75) is 27.7 Å². The molecule has 0 bridgehead atoms. The fourth-order valence-corrected chi connectivity index (χ4v) is 3.31. The first-order valence-corrected chi connectivity index (χ1v) is 9.88. The Kier molecular flexibility index (Phi) is 7.94. The molecule has 2 N–H and O–H groups in total. The lowest BCUT2D eigenvalue weighted by Gasteiger charge is -2.26. The third-order valence-corrected chi connectivity index (χ3v) is 4.98. The minimum atomic E-state index is -0.621. The number of rotatable bonds is 8. The quantitative estimate of drug-likeness (QED) is 0.638. The smallest absolute Gasteiger partial charge is 0.337 e. The van der Waals surface area contributed by atoms with Crippen LogP contribution in [0, 0.1) is 25.6 Å². The molecule has 30 heavy (non-hydrogen) atoms. The van der Waals surface area contributed by atoms with Gasteiger partial charge in [-0.1, -0.05) is 6.92 Å². The summed E-state index contributed by atoms with van der Waals surface area (Å²) in [4.78, 5) is 26.6. The lowest BCUT2D eigenvalue weighted by atomic mass is 10.0. The molecule has 0 aromatic heterocycles. The highest BCUT2D eigenvalue weighted by Crippen LogP contribution is 2.25. The summed E-state index contributed by atoms with van der Waals surface area (Å²) in [6, 6.07) is 7.66. The van der Waals surface area contributed by atoms with E-state index < -0.39 is 17.7 Å². The Labute approximate surface area is 176 Å². The number of aryl methyl sites for hydroxylation is 2. The van der Waals surface area contributed by atoms with Gasteiger partial charge in [0.2, 0.25) is 0 Å². The number of amides is 1. The van der Waals surface area contributed by atoms with E-state index in [0.717, 1.165) is 0 Å². The van der Waals surface area contributed by atoms with E-state index in [1.165, 1.54) is 19.2 Å². The van der Waals surface area contributed by atoms with Crippen LogP contribution < -0.4 is 10.2 Å². The Hall–Kier alpha value is -2.93. The summed E-state index contributed by atoms with van der Waals surface area (Å²) < 4.78 is 19.2. The average molecular weight is 416 g/mol. The number of anilines is 2. The van der Waals surface area contributed by atoms with Crippen molar-refractivity contribution in [3.8, 4) is 0 Å². The monoisotopic (exact) mass is 416 g/mol. The van der Waals surface area contributed by atoms with E-state index in [1.54, 1.807) is 32.0 Å². The van der Waals surface area contributed by atoms with Gasteiger partial charge in [-0.15, -0.1) is 0 Å². The van der Waals surface area contributed by atoms with Crippen molar-refractivity contribution in [1.82, 2.24) is 0 Å². The number of carbonyl (C=O) groups excluding carboxylic acids is 2. The molecular weight excluding hydrogens is 387 g/mol. The number of ether oxygens (including phenoxy) is 1. The minimum Gasteiger partial charge on any atom is -0.465 e. The number of hydrogen-bond acceptors (Lipinski definition) is 5. The minimum absolute atomic E-state index is 0.0468. The molecule has 7 heteroatoms. The average Bonchev–Trinajstić information content (AvgIpc) is 2.73. The van der Waals surface area contributed by atoms with Gasteiger partial charge in [0, 0.05) is 31.1 Å². The van der Waals surface area contributed by atoms with Gasteiger partial charge in [-0.3, -0.25) is 4.79 Å². The fourth-order valence-electron chi connectivity index (χ4n) is 3.31. The molecule has 0 spiro atoms. The number of methoxy groups -OCH3 is 1. The summed E-state index contributed by atoms with van der Waals surface area (Å²) in [7, 11) is 1.30. The van der Waals surface area contributed by atoms with Gasteiger partial charge in [-0.25, -0.2) is 9.18 Å². The molecule has 0 aliphatic heterocycles. The molecule has 162 valence electrons. The zero-order chi connectivity index (χ0) is 22.4. The Morgan fingerprint density at radius 2 is 1.83 bits per heavy atom. The van der Waals surface area contributed by atoms with Crippen LogP contribution in [-0.4, -0.2) is 43.8 Å². The molecule has 0 aliphatic rings. The highest BCUT2D eigenvalue weighted by molar-refractivity contribution is 6.06. The fraction of sp³-hybridized carbons (Fsp3) is 0.391. The Morgan fingerprint density at radius 3 is 2.37 bits per heavy atom. The summed E-state index contributed by atoms with van der Waals surface area (Å²) in [6.07, 6.45) is 0. The summed E-state index contributed by atoms with van der Waals surface area (Å²) in [5, 5.41) is 12.1. The van der Waals surface area contributed by atoms with Gasteiger partial charge in [-0.2, -0.15) is 0 Å². The summed E-state index contributed by atoms with van der Waals surface area (Å²) >= 11 is 0. The Bertz CT molecular complexity index is 906. The van der Waals surface area contributed by atoms with Gasteiger partial charge in [0.25, 0.3) is 5.91 Å². The van der Waals surface area contributed by atoms with Crippen molar-refractivity contribution in [1.29, 1.82) is 0 Å². The summed E-state index contributed by atoms with van der Waals surface area (Å²) in [6.45, 7) is 8.70. The number of carbonyl (C=O) groups is 2. The van der Waals surface area contributed by atoms with Crippen LogP contribution in [0.25, 0.3) is 0 Å². The van der Waals surface area contributed by atoms with E-state index in [4.69, 9.17) is 4.74 Å². The van der Waals surface area contributed by atoms with E-state index in [0.29, 0.717) is 41.2 Å². The summed E-state index contributed by atoms with van der Waals surface area (Å²) in [5.74, 6) is -1.61. The second kappa shape index (κ2) is 10.2. The summed E-state index contributed by atoms with van der Waals surface area (Å²) in [5.41, 5.74) is 2.89. The lowest BCUT2D eigenvalue weighted by Crippen LogP contribution is -2.30. The standard InChI is InChI=1S/C23H29FN2O4/c1-6-26(12-14(2)13-27)18-7-8-20(24)19(11-18)22(28)25-21-15(3)9-17(10-16(21)4)23(29)30-5/h7-11,14,27H,6,12-13H2,1-5H3,(H,25,28). The third-order valence-electron chi connectivity index (χ3n) is 4.98. The second-order valence-corrected chi connectivity index (χ2v) is 7.42. The van der Waals surface area contributed by atoms with Crippen molar-refractivity contribution in [2.75, 3.05) is 37.0 Å². The molecule has 0 aliphatic carbocycles. The van der Waals surface area contributed by atoms with Crippen molar-refractivity contribution in [2.24, 2.45) is 5.92 Å². The molecule has 0 heterocycles. The molecule has 0 radical (unpaired) electrons. The molecule has 0 fully saturated rings. The molecule has 1 unspecified atom stereocenters. The van der Waals surface area contributed by atoms with Crippen LogP contribution in [0.4, 0.5) is 15.8 Å². The second-order valence-electron chi connectivity index (χ2n) is 7.42. The predicted octanol–water partition coefficient (Wildman–Crippen LogP) is 3.94. The first-order valence-electron chi connectivity index (χ1n) is 9.88. The van der Waals surface area contributed by atoms with Crippen LogP contribution in [-0.2, 0) is 4.74 Å². The molecule has 0 saturated heterocycles. The molecule has 1 atom stereocenters. The molecule has 2 aromatic carbocycles. The van der Waals surface area contributed by atoms with Gasteiger partial charge in [0.1, 0.15) is 5.82 Å². The largest absolute Gasteiger partial charge is 0.465 e. The first kappa shape index (κ1) is 23.3. The zero-order valence-electron chi connectivity index (χ0n) is 18.1. The van der Waals surface area contributed by atoms with Gasteiger partial charge >= 0.3 is 5.97 Å². The number of hydrogen-bond donors (Lipinski definition) is 2. The third kappa shape index (κ3) is 5.36. The van der Waals surface area contributed by atoms with E-state index in [9.17, 15) is 19.1 Å².